The fourth-order valence-electron chi connectivity index (χ4n) is 7.32. The van der Waals surface area contributed by atoms with Crippen molar-refractivity contribution < 1.29 is 70.5 Å². The lowest BCUT2D eigenvalue weighted by atomic mass is 9.96. The van der Waals surface area contributed by atoms with Gasteiger partial charge in [0.15, 0.2) is 18.0 Å². The van der Waals surface area contributed by atoms with Crippen LogP contribution < -0.4 is 14.4 Å². The molecule has 1 saturated heterocycles. The van der Waals surface area contributed by atoms with Gasteiger partial charge in [-0.25, -0.2) is 14.2 Å². The highest BCUT2D eigenvalue weighted by atomic mass is 35.6. The van der Waals surface area contributed by atoms with Gasteiger partial charge in [0, 0.05) is 21.1 Å². The molecule has 1 N–H and O–H groups in total. The lowest BCUT2D eigenvalue weighted by Gasteiger charge is -2.45. The van der Waals surface area contributed by atoms with Crippen LogP contribution in [0.25, 0.3) is 0 Å². The first kappa shape index (κ1) is 66.9. The maximum Gasteiger partial charge on any atom is 0.588 e. The first-order valence-corrected chi connectivity index (χ1v) is 33.0. The van der Waals surface area contributed by atoms with E-state index in [0.717, 1.165) is 51.4 Å². The molecule has 0 aliphatic carbocycles. The van der Waals surface area contributed by atoms with Crippen LogP contribution in [-0.2, 0) is 51.8 Å². The predicted octanol–water partition coefficient (Wildman–Crippen LogP) is 15.2. The molecule has 1 fully saturated rings. The molecule has 0 saturated carbocycles. The van der Waals surface area contributed by atoms with E-state index in [1.165, 1.54) is 51.0 Å². The number of nitrogens with one attached hydrogen (secondary N) is 1. The molecule has 426 valence electrons. The average Bonchev–Trinajstić information content (AvgIpc) is 3.31. The number of alkyl carbamates (subject to hydrolysis) is 1. The molecule has 1 aliphatic rings. The van der Waals surface area contributed by atoms with Crippen LogP contribution in [0, 0.1) is 0 Å². The minimum Gasteiger partial charge on any atom is -0.462 e. The lowest BCUT2D eigenvalue weighted by molar-refractivity contribution is -0.269. The number of benzene rings is 2. The van der Waals surface area contributed by atoms with Crippen LogP contribution in [0.1, 0.15) is 124 Å². The number of amides is 1. The van der Waals surface area contributed by atoms with Crippen molar-refractivity contribution in [3.05, 3.63) is 60.7 Å². The van der Waals surface area contributed by atoms with E-state index in [9.17, 15) is 19.2 Å². The number of carbonyl (C=O) groups is 4. The van der Waals surface area contributed by atoms with E-state index in [1.807, 2.05) is 6.92 Å². The summed E-state index contributed by atoms with van der Waals surface area (Å²) in [4.78, 5) is 55.1. The van der Waals surface area contributed by atoms with Crippen LogP contribution in [0.2, 0.25) is 25.7 Å². The summed E-state index contributed by atoms with van der Waals surface area (Å²) in [5.74, 6) is -1.35. The highest BCUT2D eigenvalue weighted by Gasteiger charge is 2.55. The number of hydrogen-bond acceptors (Lipinski definition) is 15. The number of alkyl halides is 6. The molecule has 6 atom stereocenters. The summed E-state index contributed by atoms with van der Waals surface area (Å²) < 4.78 is 71.0. The number of rotatable bonds is 33. The summed E-state index contributed by atoms with van der Waals surface area (Å²) in [7, 11) is -6.82. The van der Waals surface area contributed by atoms with Crippen LogP contribution in [0.3, 0.4) is 0 Å². The normalized spacial score (nSPS) is 18.8. The van der Waals surface area contributed by atoms with Crippen LogP contribution in [0.5, 0.6) is 11.5 Å². The van der Waals surface area contributed by atoms with E-state index in [1.54, 1.807) is 36.4 Å². The smallest absolute Gasteiger partial charge is 0.462 e. The number of esters is 2. The van der Waals surface area contributed by atoms with Gasteiger partial charge in [-0.15, -0.1) is 0 Å². The molecule has 0 unspecified atom stereocenters. The van der Waals surface area contributed by atoms with E-state index in [4.69, 9.17) is 116 Å². The van der Waals surface area contributed by atoms with Gasteiger partial charge in [0.2, 0.25) is 7.59 Å². The molecule has 0 radical (unpaired) electrons. The third-order valence-corrected chi connectivity index (χ3v) is 16.3. The molecule has 1 amide bonds. The minimum absolute atomic E-state index is 0.0324. The Morgan fingerprint density at radius 3 is 1.81 bits per heavy atom. The molecule has 2 aromatic carbocycles. The maximum atomic E-state index is 15.3. The van der Waals surface area contributed by atoms with E-state index in [0.29, 0.717) is 25.3 Å². The second kappa shape index (κ2) is 33.2. The fourth-order valence-corrected chi connectivity index (χ4v) is 9.77. The Kier molecular flexibility index (Phi) is 29.6. The molecule has 2 aromatic rings. The molecule has 0 spiro atoms. The number of hydrogen-bond donors (Lipinski definition) is 1. The quantitative estimate of drug-likeness (QED) is 0.0177. The zero-order chi connectivity index (χ0) is 55.7. The maximum absolute atomic E-state index is 15.3. The van der Waals surface area contributed by atoms with E-state index in [-0.39, 0.29) is 24.5 Å². The van der Waals surface area contributed by atoms with Gasteiger partial charge < -0.3 is 47.5 Å². The Labute approximate surface area is 474 Å². The number of para-hydroxylation sites is 2. The summed E-state index contributed by atoms with van der Waals surface area (Å²) in [6, 6.07) is 14.8. The van der Waals surface area contributed by atoms with Crippen molar-refractivity contribution in [2.75, 3.05) is 19.8 Å². The highest BCUT2D eigenvalue weighted by molar-refractivity contribution is 7.49. The molecular formula is C51H76Cl6NO15PSi. The van der Waals surface area contributed by atoms with Gasteiger partial charge in [0.05, 0.1) is 6.42 Å². The van der Waals surface area contributed by atoms with Crippen molar-refractivity contribution in [2.24, 2.45) is 0 Å². The molecule has 16 nitrogen and oxygen atoms in total. The Bertz CT molecular complexity index is 2000. The van der Waals surface area contributed by atoms with E-state index >= 15 is 4.57 Å². The van der Waals surface area contributed by atoms with Crippen molar-refractivity contribution in [3.63, 3.8) is 0 Å². The molecule has 24 heteroatoms. The summed E-state index contributed by atoms with van der Waals surface area (Å²) in [6.45, 7) is 11.7. The molecule has 1 heterocycles. The first-order valence-electron chi connectivity index (χ1n) is 25.6. The molecule has 1 aliphatic heterocycles. The standard InChI is InChI=1S/C51H76Cl6NO15PSi/c1-8-10-12-13-14-15-16-17-21-30-39(67-41(59)31-20-11-9-2)34-42(60)69-45-43(58-47(61)66-36-50(52,53)54)46(64-32-33-75(5,6)7)68-40(35-65-48(62)70-49(3,4)51(55,56)57)44(45)73-74(63,71-37-26-22-18-23-27-37)72-38-28-24-19-25-29-38/h18-19,22-29,39-40,43-46H,8-17,20-21,30-36H2,1-7H3,(H,58,61)/t39-,40-,43-,44-,45-,46-/m1/s1. The second-order valence-corrected chi connectivity index (χ2v) is 31.8. The first-order chi connectivity index (χ1) is 35.2. The number of ether oxygens (including phenoxy) is 7. The van der Waals surface area contributed by atoms with Crippen molar-refractivity contribution in [1.29, 1.82) is 0 Å². The van der Waals surface area contributed by atoms with Crippen molar-refractivity contribution >= 4 is 110 Å². The predicted molar refractivity (Wildman–Crippen MR) is 295 cm³/mol. The highest BCUT2D eigenvalue weighted by Crippen LogP contribution is 2.53. The van der Waals surface area contributed by atoms with Crippen molar-refractivity contribution in [1.82, 2.24) is 5.32 Å². The van der Waals surface area contributed by atoms with Crippen LogP contribution in [0.4, 0.5) is 9.59 Å². The van der Waals surface area contributed by atoms with Gasteiger partial charge in [0.25, 0.3) is 0 Å². The van der Waals surface area contributed by atoms with E-state index in [2.05, 4.69) is 31.9 Å². The summed E-state index contributed by atoms with van der Waals surface area (Å²) in [6.07, 6.45) is 1.38. The largest absolute Gasteiger partial charge is 0.588 e. The zero-order valence-electron chi connectivity index (χ0n) is 44.0. The van der Waals surface area contributed by atoms with Crippen LogP contribution >= 0.6 is 77.4 Å². The summed E-state index contributed by atoms with van der Waals surface area (Å²) in [5.41, 5.74) is -1.73. The molecular weight excluding hydrogens is 1140 g/mol. The number of unbranched alkanes of at least 4 members (excludes halogenated alkanes) is 10. The fraction of sp³-hybridized carbons (Fsp3) is 0.686. The van der Waals surface area contributed by atoms with Crippen LogP contribution in [0.15, 0.2) is 60.7 Å². The number of phosphoric acid groups is 1. The van der Waals surface area contributed by atoms with Crippen LogP contribution in [-0.4, -0.2) is 102 Å². The van der Waals surface area contributed by atoms with Gasteiger partial charge in [-0.1, -0.05) is 204 Å². The lowest BCUT2D eigenvalue weighted by Crippen LogP contribution is -2.66. The van der Waals surface area contributed by atoms with Crippen molar-refractivity contribution in [3.8, 4) is 11.5 Å². The molecule has 3 rings (SSSR count). The number of halogens is 6. The van der Waals surface area contributed by atoms with Gasteiger partial charge in [-0.3, -0.25) is 14.1 Å². The molecule has 0 bridgehead atoms. The average molecular weight is 1210 g/mol. The topological polar surface area (TPSA) is 190 Å². The Balaban J connectivity index is 2.21. The zero-order valence-corrected chi connectivity index (χ0v) is 50.4. The van der Waals surface area contributed by atoms with Gasteiger partial charge in [0.1, 0.15) is 49.1 Å². The SMILES string of the molecule is CCCCCCCCCCC[C@H](CC(=O)O[C@@H]1[C@@H](NC(=O)OCC(Cl)(Cl)Cl)[C@H](OCC[Si](C)(C)C)O[C@H](COC(=O)OC(C)(C)C(Cl)(Cl)Cl)[C@H]1OP(=O)(Oc1ccccc1)Oc1ccccc1)OC(=O)CCCCC. The van der Waals surface area contributed by atoms with Gasteiger partial charge >= 0.3 is 32.0 Å². The monoisotopic (exact) mass is 1210 g/mol. The number of phosphoric ester groups is 1. The summed E-state index contributed by atoms with van der Waals surface area (Å²) in [5, 5.41) is 2.61. The summed E-state index contributed by atoms with van der Waals surface area (Å²) >= 11 is 36.2. The number of carbonyl (C=O) groups excluding carboxylic acids is 4. The third kappa shape index (κ3) is 27.3. The van der Waals surface area contributed by atoms with Crippen molar-refractivity contribution in [2.45, 2.75) is 200 Å². The molecule has 75 heavy (non-hydrogen) atoms. The third-order valence-electron chi connectivity index (χ3n) is 11.6. The van der Waals surface area contributed by atoms with Gasteiger partial charge in [-0.05, 0) is 63.4 Å². The molecule has 0 aromatic heterocycles. The minimum atomic E-state index is -5.00. The Morgan fingerprint density at radius 2 is 1.28 bits per heavy atom. The second-order valence-electron chi connectivity index (χ2n) is 19.9. The Morgan fingerprint density at radius 1 is 0.733 bits per heavy atom. The van der Waals surface area contributed by atoms with E-state index < -0.39 is 110 Å². The van der Waals surface area contributed by atoms with Gasteiger partial charge in [-0.2, -0.15) is 0 Å². The Hall–Kier alpha value is -2.41.